The van der Waals surface area contributed by atoms with Gasteiger partial charge in [-0.25, -0.2) is 9.97 Å². The van der Waals surface area contributed by atoms with E-state index in [1.54, 1.807) is 6.07 Å². The molecule has 0 bridgehead atoms. The molecule has 1 aromatic carbocycles. The van der Waals surface area contributed by atoms with E-state index >= 15 is 0 Å². The van der Waals surface area contributed by atoms with Gasteiger partial charge in [-0.15, -0.1) is 0 Å². The average molecular weight is 327 g/mol. The number of benzene rings is 1. The maximum absolute atomic E-state index is 5.91. The predicted octanol–water partition coefficient (Wildman–Crippen LogP) is 4.56. The molecule has 0 saturated carbocycles. The van der Waals surface area contributed by atoms with Crippen LogP contribution in [0, 0.1) is 20.8 Å². The van der Waals surface area contributed by atoms with Gasteiger partial charge in [-0.05, 0) is 44.0 Å². The summed E-state index contributed by atoms with van der Waals surface area (Å²) in [6.45, 7) is 5.93. The van der Waals surface area contributed by atoms with Crippen LogP contribution in [-0.4, -0.2) is 9.97 Å². The summed E-state index contributed by atoms with van der Waals surface area (Å²) in [5, 5.41) is 3.68. The molecule has 5 heteroatoms. The molecule has 0 amide bonds. The van der Waals surface area contributed by atoms with Crippen LogP contribution in [0.1, 0.15) is 17.0 Å². The molecule has 0 unspecified atom stereocenters. The van der Waals surface area contributed by atoms with Gasteiger partial charge in [-0.3, -0.25) is 0 Å². The molecule has 0 saturated heterocycles. The van der Waals surface area contributed by atoms with Crippen molar-refractivity contribution in [1.29, 1.82) is 0 Å². The molecule has 0 spiro atoms. The minimum Gasteiger partial charge on any atom is -0.340 e. The highest BCUT2D eigenvalue weighted by atomic mass is 79.9. The molecule has 18 heavy (non-hydrogen) atoms. The molecule has 1 aromatic heterocycles. The summed E-state index contributed by atoms with van der Waals surface area (Å²) in [4.78, 5) is 8.32. The second kappa shape index (κ2) is 5.24. The van der Waals surface area contributed by atoms with Crippen molar-refractivity contribution in [2.75, 3.05) is 5.32 Å². The number of hydrogen-bond acceptors (Lipinski definition) is 3. The molecule has 2 rings (SSSR count). The minimum atomic E-state index is 0.440. The number of aryl methyl sites for hydroxylation is 3. The summed E-state index contributed by atoms with van der Waals surface area (Å²) in [6, 6.07) is 5.83. The zero-order chi connectivity index (χ0) is 13.3. The van der Waals surface area contributed by atoms with E-state index in [1.807, 2.05) is 6.92 Å². The summed E-state index contributed by atoms with van der Waals surface area (Å²) in [7, 11) is 0. The zero-order valence-corrected chi connectivity index (χ0v) is 12.7. The second-order valence-corrected chi connectivity index (χ2v) is 5.35. The molecule has 2 aromatic rings. The maximum Gasteiger partial charge on any atom is 0.135 e. The van der Waals surface area contributed by atoms with Crippen LogP contribution < -0.4 is 5.32 Å². The molecule has 0 aliphatic rings. The number of halogens is 2. The molecule has 0 aliphatic carbocycles. The summed E-state index contributed by atoms with van der Waals surface area (Å²) < 4.78 is 1.13. The summed E-state index contributed by atoms with van der Waals surface area (Å²) in [5.41, 5.74) is 3.34. The Kier molecular flexibility index (Phi) is 3.88. The van der Waals surface area contributed by atoms with Gasteiger partial charge in [-0.2, -0.15) is 0 Å². The third-order valence-electron chi connectivity index (χ3n) is 2.52. The lowest BCUT2D eigenvalue weighted by Gasteiger charge is -2.10. The van der Waals surface area contributed by atoms with Crippen molar-refractivity contribution < 1.29 is 0 Å². The molecular weight excluding hydrogens is 314 g/mol. The first-order valence-corrected chi connectivity index (χ1v) is 6.68. The molecule has 0 atom stereocenters. The van der Waals surface area contributed by atoms with Gasteiger partial charge in [0.1, 0.15) is 16.8 Å². The first-order valence-electron chi connectivity index (χ1n) is 5.50. The van der Waals surface area contributed by atoms with Gasteiger partial charge < -0.3 is 5.32 Å². The van der Waals surface area contributed by atoms with Crippen LogP contribution in [0.4, 0.5) is 11.5 Å². The Balaban J connectivity index is 2.34. The molecule has 1 heterocycles. The molecule has 1 N–H and O–H groups in total. The first kappa shape index (κ1) is 13.3. The van der Waals surface area contributed by atoms with Crippen LogP contribution in [0.3, 0.4) is 0 Å². The van der Waals surface area contributed by atoms with Crippen LogP contribution >= 0.6 is 27.5 Å². The Hall–Kier alpha value is -1.13. The van der Waals surface area contributed by atoms with Crippen LogP contribution in [0.5, 0.6) is 0 Å². The van der Waals surface area contributed by atoms with Crippen molar-refractivity contribution in [2.45, 2.75) is 20.8 Å². The van der Waals surface area contributed by atoms with Gasteiger partial charge in [0.05, 0.1) is 0 Å². The molecule has 94 valence electrons. The molecule has 0 aliphatic heterocycles. The quantitative estimate of drug-likeness (QED) is 0.822. The van der Waals surface area contributed by atoms with E-state index in [-0.39, 0.29) is 0 Å². The molecule has 0 fully saturated rings. The van der Waals surface area contributed by atoms with Crippen molar-refractivity contribution in [1.82, 2.24) is 9.97 Å². The third-order valence-corrected chi connectivity index (χ3v) is 3.96. The van der Waals surface area contributed by atoms with E-state index < -0.39 is 0 Å². The van der Waals surface area contributed by atoms with Crippen molar-refractivity contribution >= 4 is 39.0 Å². The van der Waals surface area contributed by atoms with E-state index in [1.165, 1.54) is 11.1 Å². The van der Waals surface area contributed by atoms with Gasteiger partial charge in [0, 0.05) is 16.2 Å². The number of hydrogen-bond donors (Lipinski definition) is 1. The summed E-state index contributed by atoms with van der Waals surface area (Å²) in [5.74, 6) is 1.35. The molecule has 3 nitrogen and oxygen atoms in total. The van der Waals surface area contributed by atoms with Crippen molar-refractivity contribution in [3.8, 4) is 0 Å². The largest absolute Gasteiger partial charge is 0.340 e. The number of aromatic nitrogens is 2. The highest BCUT2D eigenvalue weighted by molar-refractivity contribution is 9.10. The number of nitrogens with one attached hydrogen (secondary N) is 1. The van der Waals surface area contributed by atoms with Crippen LogP contribution in [0.25, 0.3) is 0 Å². The third kappa shape index (κ3) is 3.00. The fourth-order valence-corrected chi connectivity index (χ4v) is 2.22. The van der Waals surface area contributed by atoms with Crippen LogP contribution in [0.15, 0.2) is 22.7 Å². The Morgan fingerprint density at radius 1 is 1.06 bits per heavy atom. The lowest BCUT2D eigenvalue weighted by atomic mass is 10.1. The van der Waals surface area contributed by atoms with E-state index in [9.17, 15) is 0 Å². The number of nitrogens with zero attached hydrogens (tertiary/aromatic N) is 2. The molecular formula is C13H13BrClN3. The highest BCUT2D eigenvalue weighted by Crippen LogP contribution is 2.26. The number of anilines is 2. The van der Waals surface area contributed by atoms with E-state index in [0.29, 0.717) is 16.8 Å². The Morgan fingerprint density at radius 2 is 1.67 bits per heavy atom. The lowest BCUT2D eigenvalue weighted by Crippen LogP contribution is -1.98. The zero-order valence-electron chi connectivity index (χ0n) is 10.4. The van der Waals surface area contributed by atoms with Crippen molar-refractivity contribution in [3.05, 3.63) is 44.8 Å². The van der Waals surface area contributed by atoms with Crippen LogP contribution in [0.2, 0.25) is 5.15 Å². The topological polar surface area (TPSA) is 37.8 Å². The first-order chi connectivity index (χ1) is 8.45. The Labute approximate surface area is 120 Å². The van der Waals surface area contributed by atoms with Gasteiger partial charge in [0.25, 0.3) is 0 Å². The smallest absolute Gasteiger partial charge is 0.135 e. The minimum absolute atomic E-state index is 0.440. The van der Waals surface area contributed by atoms with Crippen molar-refractivity contribution in [2.24, 2.45) is 0 Å². The van der Waals surface area contributed by atoms with Gasteiger partial charge in [-0.1, -0.05) is 27.5 Å². The standard InChI is InChI=1S/C13H13BrClN3/c1-7-4-10(5-8(2)13(7)14)18-12-6-11(15)16-9(3)17-12/h4-6H,1-3H3,(H,16,17,18). The summed E-state index contributed by atoms with van der Waals surface area (Å²) >= 11 is 9.45. The summed E-state index contributed by atoms with van der Waals surface area (Å²) in [6.07, 6.45) is 0. The molecule has 0 radical (unpaired) electrons. The van der Waals surface area contributed by atoms with E-state index in [0.717, 1.165) is 10.2 Å². The SMILES string of the molecule is Cc1nc(Cl)cc(Nc2cc(C)c(Br)c(C)c2)n1. The normalized spacial score (nSPS) is 10.5. The predicted molar refractivity (Wildman–Crippen MR) is 78.7 cm³/mol. The maximum atomic E-state index is 5.91. The van der Waals surface area contributed by atoms with Crippen LogP contribution in [-0.2, 0) is 0 Å². The van der Waals surface area contributed by atoms with E-state index in [4.69, 9.17) is 11.6 Å². The monoisotopic (exact) mass is 325 g/mol. The van der Waals surface area contributed by atoms with Gasteiger partial charge in [0.2, 0.25) is 0 Å². The van der Waals surface area contributed by atoms with Gasteiger partial charge in [0.15, 0.2) is 0 Å². The fraction of sp³-hybridized carbons (Fsp3) is 0.231. The second-order valence-electron chi connectivity index (χ2n) is 4.17. The lowest BCUT2D eigenvalue weighted by molar-refractivity contribution is 1.06. The number of rotatable bonds is 2. The Morgan fingerprint density at radius 3 is 2.22 bits per heavy atom. The average Bonchev–Trinajstić information content (AvgIpc) is 2.24. The highest BCUT2D eigenvalue weighted by Gasteiger charge is 2.04. The fourth-order valence-electron chi connectivity index (χ4n) is 1.76. The van der Waals surface area contributed by atoms with Crippen molar-refractivity contribution in [3.63, 3.8) is 0 Å². The van der Waals surface area contributed by atoms with Gasteiger partial charge >= 0.3 is 0 Å². The van der Waals surface area contributed by atoms with E-state index in [2.05, 4.69) is 57.2 Å². The Bertz CT molecular complexity index is 556.